The van der Waals surface area contributed by atoms with Gasteiger partial charge < -0.3 is 5.32 Å². The third-order valence-corrected chi connectivity index (χ3v) is 4.98. The average molecular weight is 345 g/mol. The zero-order valence-corrected chi connectivity index (χ0v) is 13.4. The summed E-state index contributed by atoms with van der Waals surface area (Å²) in [6.07, 6.45) is 4.47. The molecule has 2 unspecified atom stereocenters. The first-order valence-corrected chi connectivity index (χ1v) is 7.97. The summed E-state index contributed by atoms with van der Waals surface area (Å²) in [5.41, 5.74) is 1.80. The summed E-state index contributed by atoms with van der Waals surface area (Å²) in [5, 5.41) is 3.31. The molecular weight excluding hydrogens is 326 g/mol. The Morgan fingerprint density at radius 3 is 2.95 bits per heavy atom. The molecule has 1 aromatic carbocycles. The van der Waals surface area contributed by atoms with E-state index in [1.165, 1.54) is 12.8 Å². The van der Waals surface area contributed by atoms with Crippen LogP contribution in [0.2, 0.25) is 0 Å². The van der Waals surface area contributed by atoms with Gasteiger partial charge >= 0.3 is 0 Å². The number of nitrogens with one attached hydrogen (secondary N) is 1. The minimum Gasteiger partial charge on any atom is -0.352 e. The summed E-state index contributed by atoms with van der Waals surface area (Å²) < 4.78 is 1.03. The Morgan fingerprint density at radius 1 is 1.47 bits per heavy atom. The maximum absolute atomic E-state index is 12.1. The van der Waals surface area contributed by atoms with Crippen LogP contribution in [0.25, 0.3) is 0 Å². The maximum Gasteiger partial charge on any atom is 0.251 e. The lowest BCUT2D eigenvalue weighted by Crippen LogP contribution is -2.32. The smallest absolute Gasteiger partial charge is 0.251 e. The van der Waals surface area contributed by atoms with E-state index in [1.54, 1.807) is 0 Å². The van der Waals surface area contributed by atoms with Gasteiger partial charge in [0.15, 0.2) is 0 Å². The molecule has 2 nitrogen and oxygen atoms in total. The van der Waals surface area contributed by atoms with Crippen molar-refractivity contribution in [3.05, 3.63) is 33.8 Å². The van der Waals surface area contributed by atoms with Gasteiger partial charge in [0.05, 0.1) is 0 Å². The Kier molecular flexibility index (Phi) is 5.28. The van der Waals surface area contributed by atoms with E-state index in [1.807, 2.05) is 25.1 Å². The SMILES string of the molecule is Cc1cc(C(=O)NCC2CCCC(Cl)C2)ccc1Br. The summed E-state index contributed by atoms with van der Waals surface area (Å²) in [5.74, 6) is 0.532. The first-order valence-electron chi connectivity index (χ1n) is 6.74. The minimum atomic E-state index is 0.00676. The van der Waals surface area contributed by atoms with Crippen LogP contribution in [0, 0.1) is 12.8 Å². The van der Waals surface area contributed by atoms with Crippen LogP contribution in [-0.2, 0) is 0 Å². The van der Waals surface area contributed by atoms with E-state index < -0.39 is 0 Å². The third kappa shape index (κ3) is 4.22. The van der Waals surface area contributed by atoms with E-state index >= 15 is 0 Å². The molecule has 1 aromatic rings. The van der Waals surface area contributed by atoms with Crippen molar-refractivity contribution in [3.63, 3.8) is 0 Å². The van der Waals surface area contributed by atoms with Crippen LogP contribution in [0.3, 0.4) is 0 Å². The standard InChI is InChI=1S/C15H19BrClNO/c1-10-7-12(5-6-14(10)16)15(19)18-9-11-3-2-4-13(17)8-11/h5-7,11,13H,2-4,8-9H2,1H3,(H,18,19). The van der Waals surface area contributed by atoms with Gasteiger partial charge in [0.2, 0.25) is 0 Å². The number of benzene rings is 1. The van der Waals surface area contributed by atoms with E-state index in [-0.39, 0.29) is 11.3 Å². The van der Waals surface area contributed by atoms with Gasteiger partial charge in [-0.1, -0.05) is 22.4 Å². The number of rotatable bonds is 3. The lowest BCUT2D eigenvalue weighted by molar-refractivity contribution is 0.0943. The van der Waals surface area contributed by atoms with Gasteiger partial charge in [-0.3, -0.25) is 4.79 Å². The molecule has 2 rings (SSSR count). The van der Waals surface area contributed by atoms with Gasteiger partial charge in [0, 0.05) is 22.0 Å². The molecule has 0 aromatic heterocycles. The number of carbonyl (C=O) groups is 1. The largest absolute Gasteiger partial charge is 0.352 e. The van der Waals surface area contributed by atoms with Crippen molar-refractivity contribution in [1.82, 2.24) is 5.32 Å². The van der Waals surface area contributed by atoms with Crippen LogP contribution in [-0.4, -0.2) is 17.8 Å². The van der Waals surface area contributed by atoms with Crippen molar-refractivity contribution >= 4 is 33.4 Å². The highest BCUT2D eigenvalue weighted by Gasteiger charge is 2.20. The number of alkyl halides is 1. The molecule has 1 N–H and O–H groups in total. The fourth-order valence-corrected chi connectivity index (χ4v) is 3.19. The molecule has 0 heterocycles. The molecule has 1 saturated carbocycles. The fourth-order valence-electron chi connectivity index (χ4n) is 2.54. The lowest BCUT2D eigenvalue weighted by Gasteiger charge is -2.25. The van der Waals surface area contributed by atoms with Gasteiger partial charge in [0.1, 0.15) is 0 Å². The number of carbonyl (C=O) groups excluding carboxylic acids is 1. The van der Waals surface area contributed by atoms with Gasteiger partial charge in [-0.15, -0.1) is 11.6 Å². The van der Waals surface area contributed by atoms with E-state index in [0.29, 0.717) is 5.92 Å². The topological polar surface area (TPSA) is 29.1 Å². The van der Waals surface area contributed by atoms with E-state index in [9.17, 15) is 4.79 Å². The van der Waals surface area contributed by atoms with E-state index in [0.717, 1.165) is 35.0 Å². The van der Waals surface area contributed by atoms with Crippen molar-refractivity contribution < 1.29 is 4.79 Å². The molecule has 1 aliphatic carbocycles. The molecule has 104 valence electrons. The van der Waals surface area contributed by atoms with Crippen molar-refractivity contribution in [3.8, 4) is 0 Å². The minimum absolute atomic E-state index is 0.00676. The summed E-state index contributed by atoms with van der Waals surface area (Å²) in [7, 11) is 0. The second kappa shape index (κ2) is 6.76. The summed E-state index contributed by atoms with van der Waals surface area (Å²) in [4.78, 5) is 12.1. The van der Waals surface area contributed by atoms with Crippen LogP contribution in [0.5, 0.6) is 0 Å². The Hall–Kier alpha value is -0.540. The zero-order valence-electron chi connectivity index (χ0n) is 11.1. The van der Waals surface area contributed by atoms with E-state index in [2.05, 4.69) is 21.2 Å². The maximum atomic E-state index is 12.1. The van der Waals surface area contributed by atoms with Gasteiger partial charge in [0.25, 0.3) is 5.91 Å². The summed E-state index contributed by atoms with van der Waals surface area (Å²) in [6, 6.07) is 5.67. The van der Waals surface area contributed by atoms with Crippen LogP contribution >= 0.6 is 27.5 Å². The molecule has 0 saturated heterocycles. The third-order valence-electron chi connectivity index (χ3n) is 3.69. The fraction of sp³-hybridized carbons (Fsp3) is 0.533. The highest BCUT2D eigenvalue weighted by Crippen LogP contribution is 2.27. The molecular formula is C15H19BrClNO. The molecule has 1 amide bonds. The number of hydrogen-bond acceptors (Lipinski definition) is 1. The molecule has 0 bridgehead atoms. The Morgan fingerprint density at radius 2 is 2.26 bits per heavy atom. The first-order chi connectivity index (χ1) is 9.06. The summed E-state index contributed by atoms with van der Waals surface area (Å²) in [6.45, 7) is 2.72. The predicted molar refractivity (Wildman–Crippen MR) is 82.8 cm³/mol. The Bertz CT molecular complexity index is 463. The van der Waals surface area contributed by atoms with Gasteiger partial charge in [-0.25, -0.2) is 0 Å². The molecule has 0 aliphatic heterocycles. The number of halogens is 2. The molecule has 4 heteroatoms. The van der Waals surface area contributed by atoms with Crippen molar-refractivity contribution in [1.29, 1.82) is 0 Å². The molecule has 1 fully saturated rings. The highest BCUT2D eigenvalue weighted by molar-refractivity contribution is 9.10. The zero-order chi connectivity index (χ0) is 13.8. The second-order valence-electron chi connectivity index (χ2n) is 5.30. The van der Waals surface area contributed by atoms with E-state index in [4.69, 9.17) is 11.6 Å². The summed E-state index contributed by atoms with van der Waals surface area (Å²) >= 11 is 9.60. The molecule has 0 spiro atoms. The molecule has 1 aliphatic rings. The van der Waals surface area contributed by atoms with Crippen LogP contribution in [0.1, 0.15) is 41.6 Å². The molecule has 19 heavy (non-hydrogen) atoms. The van der Waals surface area contributed by atoms with Crippen molar-refractivity contribution in [2.24, 2.45) is 5.92 Å². The molecule has 0 radical (unpaired) electrons. The first kappa shape index (κ1) is 14.9. The number of aryl methyl sites for hydroxylation is 1. The van der Waals surface area contributed by atoms with Crippen LogP contribution in [0.15, 0.2) is 22.7 Å². The van der Waals surface area contributed by atoms with Gasteiger partial charge in [-0.05, 0) is 55.9 Å². The Balaban J connectivity index is 1.88. The number of hydrogen-bond donors (Lipinski definition) is 1. The van der Waals surface area contributed by atoms with Crippen LogP contribution < -0.4 is 5.32 Å². The predicted octanol–water partition coefficient (Wildman–Crippen LogP) is 4.28. The lowest BCUT2D eigenvalue weighted by atomic mass is 9.89. The average Bonchev–Trinajstić information content (AvgIpc) is 2.39. The van der Waals surface area contributed by atoms with Crippen molar-refractivity contribution in [2.75, 3.05) is 6.54 Å². The van der Waals surface area contributed by atoms with Gasteiger partial charge in [-0.2, -0.15) is 0 Å². The monoisotopic (exact) mass is 343 g/mol. The van der Waals surface area contributed by atoms with Crippen molar-refractivity contribution in [2.45, 2.75) is 38.0 Å². The quantitative estimate of drug-likeness (QED) is 0.815. The van der Waals surface area contributed by atoms with Crippen LogP contribution in [0.4, 0.5) is 0 Å². The second-order valence-corrected chi connectivity index (χ2v) is 6.78. The normalized spacial score (nSPS) is 23.1. The Labute approximate surface area is 128 Å². The highest BCUT2D eigenvalue weighted by atomic mass is 79.9. The molecule has 2 atom stereocenters. The number of amides is 1.